The van der Waals surface area contributed by atoms with Gasteiger partial charge in [0, 0.05) is 23.7 Å². The number of aliphatic hydroxyl groups excluding tert-OH is 1. The Bertz CT molecular complexity index is 281. The van der Waals surface area contributed by atoms with Gasteiger partial charge >= 0.3 is 0 Å². The van der Waals surface area contributed by atoms with E-state index >= 15 is 0 Å². The van der Waals surface area contributed by atoms with E-state index < -0.39 is 0 Å². The summed E-state index contributed by atoms with van der Waals surface area (Å²) in [6.07, 6.45) is 7.89. The van der Waals surface area contributed by atoms with Crippen LogP contribution in [0.5, 0.6) is 0 Å². The molecule has 0 saturated heterocycles. The molecule has 1 heterocycles. The Morgan fingerprint density at radius 2 is 2.31 bits per heavy atom. The summed E-state index contributed by atoms with van der Waals surface area (Å²) in [7, 11) is 0. The zero-order chi connectivity index (χ0) is 9.26. The van der Waals surface area contributed by atoms with E-state index in [0.29, 0.717) is 6.04 Å². The molecule has 0 aromatic rings. The van der Waals surface area contributed by atoms with E-state index in [2.05, 4.69) is 17.5 Å². The van der Waals surface area contributed by atoms with Crippen molar-refractivity contribution in [2.24, 2.45) is 5.92 Å². The lowest BCUT2D eigenvalue weighted by atomic mass is 9.85. The number of nitrogens with one attached hydrogen (secondary N) is 1. The number of hydrogen-bond acceptors (Lipinski definition) is 3. The predicted octanol–water partition coefficient (Wildman–Crippen LogP) is 0.370. The normalized spacial score (nSPS) is 30.7. The quantitative estimate of drug-likeness (QED) is 0.602. The van der Waals surface area contributed by atoms with E-state index in [9.17, 15) is 4.79 Å². The summed E-state index contributed by atoms with van der Waals surface area (Å²) in [5, 5.41) is 11.9. The van der Waals surface area contributed by atoms with Gasteiger partial charge in [-0.1, -0.05) is 12.2 Å². The number of carbonyl (C=O) groups is 1. The Kier molecular flexibility index (Phi) is 2.19. The molecule has 0 radical (unpaired) electrons. The van der Waals surface area contributed by atoms with Crippen LogP contribution in [0.2, 0.25) is 0 Å². The van der Waals surface area contributed by atoms with Gasteiger partial charge in [0.05, 0.1) is 0 Å². The van der Waals surface area contributed by atoms with Crippen molar-refractivity contribution in [3.8, 4) is 0 Å². The number of aliphatic hydroxyl groups is 1. The van der Waals surface area contributed by atoms with Crippen molar-refractivity contribution in [1.29, 1.82) is 0 Å². The number of rotatable bonds is 2. The topological polar surface area (TPSA) is 49.3 Å². The second kappa shape index (κ2) is 3.34. The van der Waals surface area contributed by atoms with Crippen LogP contribution < -0.4 is 5.32 Å². The molecule has 0 spiro atoms. The fourth-order valence-corrected chi connectivity index (χ4v) is 2.02. The van der Waals surface area contributed by atoms with Gasteiger partial charge in [-0.15, -0.1) is 0 Å². The average molecular weight is 179 g/mol. The first kappa shape index (κ1) is 8.51. The van der Waals surface area contributed by atoms with Gasteiger partial charge in [0.2, 0.25) is 0 Å². The summed E-state index contributed by atoms with van der Waals surface area (Å²) >= 11 is 0. The smallest absolute Gasteiger partial charge is 0.185 e. The molecular formula is C10H13NO2. The van der Waals surface area contributed by atoms with Crippen LogP contribution >= 0.6 is 0 Å². The molecule has 13 heavy (non-hydrogen) atoms. The van der Waals surface area contributed by atoms with Crippen LogP contribution in [-0.2, 0) is 4.79 Å². The minimum Gasteiger partial charge on any atom is -0.388 e. The summed E-state index contributed by atoms with van der Waals surface area (Å²) in [6.45, 7) is -0.375. The first-order valence-electron chi connectivity index (χ1n) is 4.58. The number of fused-ring (bicyclic) bond motifs is 1. The first-order chi connectivity index (χ1) is 6.33. The third kappa shape index (κ3) is 1.40. The van der Waals surface area contributed by atoms with Crippen molar-refractivity contribution >= 4 is 5.78 Å². The van der Waals surface area contributed by atoms with Gasteiger partial charge in [-0.05, 0) is 12.8 Å². The van der Waals surface area contributed by atoms with Crippen LogP contribution in [0, 0.1) is 5.92 Å². The van der Waals surface area contributed by atoms with Gasteiger partial charge in [-0.2, -0.15) is 0 Å². The molecule has 2 atom stereocenters. The molecule has 2 aliphatic rings. The summed E-state index contributed by atoms with van der Waals surface area (Å²) < 4.78 is 0. The highest BCUT2D eigenvalue weighted by molar-refractivity contribution is 5.97. The zero-order valence-corrected chi connectivity index (χ0v) is 7.36. The van der Waals surface area contributed by atoms with Crippen LogP contribution in [-0.4, -0.2) is 23.5 Å². The van der Waals surface area contributed by atoms with Crippen molar-refractivity contribution < 1.29 is 9.90 Å². The van der Waals surface area contributed by atoms with Crippen LogP contribution in [0.25, 0.3) is 0 Å². The van der Waals surface area contributed by atoms with Crippen LogP contribution in [0.3, 0.4) is 0 Å². The van der Waals surface area contributed by atoms with E-state index in [0.717, 1.165) is 18.4 Å². The Morgan fingerprint density at radius 3 is 3.08 bits per heavy atom. The lowest BCUT2D eigenvalue weighted by molar-refractivity contribution is -0.118. The summed E-state index contributed by atoms with van der Waals surface area (Å²) in [5.41, 5.74) is 0.761. The number of ketones is 1. The highest BCUT2D eigenvalue weighted by Gasteiger charge is 2.32. The minimum absolute atomic E-state index is 0.143. The maximum absolute atomic E-state index is 11.3. The van der Waals surface area contributed by atoms with Gasteiger partial charge in [-0.25, -0.2) is 0 Å². The Labute approximate surface area is 77.1 Å². The third-order valence-electron chi connectivity index (χ3n) is 2.75. The Morgan fingerprint density at radius 1 is 1.54 bits per heavy atom. The van der Waals surface area contributed by atoms with E-state index in [4.69, 9.17) is 5.11 Å². The monoisotopic (exact) mass is 179 g/mol. The highest BCUT2D eigenvalue weighted by Crippen LogP contribution is 2.30. The van der Waals surface area contributed by atoms with E-state index in [1.165, 1.54) is 0 Å². The maximum Gasteiger partial charge on any atom is 0.185 e. The second-order valence-corrected chi connectivity index (χ2v) is 3.50. The molecule has 0 fully saturated rings. The SMILES string of the molecule is O=C(CO)C1=CNC2CC=CCC12. The highest BCUT2D eigenvalue weighted by atomic mass is 16.3. The molecule has 70 valence electrons. The number of hydrogen-bond donors (Lipinski definition) is 2. The number of carbonyl (C=O) groups excluding carboxylic acids is 1. The number of Topliss-reactive ketones (excluding diaryl/α,β-unsaturated/α-hetero) is 1. The van der Waals surface area contributed by atoms with Crippen molar-refractivity contribution in [3.63, 3.8) is 0 Å². The van der Waals surface area contributed by atoms with Crippen LogP contribution in [0.1, 0.15) is 12.8 Å². The molecule has 0 aromatic heterocycles. The van der Waals surface area contributed by atoms with Crippen LogP contribution in [0.15, 0.2) is 23.9 Å². The molecule has 2 unspecified atom stereocenters. The standard InChI is InChI=1S/C10H13NO2/c12-6-10(13)8-5-11-9-4-2-1-3-7(8)9/h1-2,5,7,9,11-12H,3-4,6H2. The van der Waals surface area contributed by atoms with Crippen LogP contribution in [0.4, 0.5) is 0 Å². The summed E-state index contributed by atoms with van der Waals surface area (Å²) in [4.78, 5) is 11.3. The van der Waals surface area contributed by atoms with Crippen molar-refractivity contribution in [3.05, 3.63) is 23.9 Å². The fraction of sp³-hybridized carbons (Fsp3) is 0.500. The van der Waals surface area contributed by atoms with Crippen molar-refractivity contribution in [2.75, 3.05) is 6.61 Å². The Balaban J connectivity index is 2.14. The van der Waals surface area contributed by atoms with Crippen molar-refractivity contribution in [1.82, 2.24) is 5.32 Å². The van der Waals surface area contributed by atoms with Gasteiger partial charge in [-0.3, -0.25) is 4.79 Å². The molecule has 3 nitrogen and oxygen atoms in total. The molecule has 2 N–H and O–H groups in total. The fourth-order valence-electron chi connectivity index (χ4n) is 2.02. The maximum atomic E-state index is 11.3. The molecule has 3 heteroatoms. The van der Waals surface area contributed by atoms with Gasteiger partial charge < -0.3 is 10.4 Å². The van der Waals surface area contributed by atoms with E-state index in [1.54, 1.807) is 6.20 Å². The minimum atomic E-state index is -0.375. The first-order valence-corrected chi connectivity index (χ1v) is 4.58. The number of allylic oxidation sites excluding steroid dienone is 1. The molecule has 0 aromatic carbocycles. The largest absolute Gasteiger partial charge is 0.388 e. The van der Waals surface area contributed by atoms with E-state index in [1.807, 2.05) is 0 Å². The second-order valence-electron chi connectivity index (χ2n) is 3.50. The summed E-state index contributed by atoms with van der Waals surface area (Å²) in [5.74, 6) is 0.139. The van der Waals surface area contributed by atoms with Gasteiger partial charge in [0.1, 0.15) is 6.61 Å². The molecule has 0 bridgehead atoms. The third-order valence-corrected chi connectivity index (χ3v) is 2.75. The van der Waals surface area contributed by atoms with Crippen molar-refractivity contribution in [2.45, 2.75) is 18.9 Å². The predicted molar refractivity (Wildman–Crippen MR) is 49.0 cm³/mol. The summed E-state index contributed by atoms with van der Waals surface area (Å²) in [6, 6.07) is 0.371. The zero-order valence-electron chi connectivity index (χ0n) is 7.36. The molecule has 1 aliphatic heterocycles. The lowest BCUT2D eigenvalue weighted by Crippen LogP contribution is -2.30. The Hall–Kier alpha value is -1.09. The molecule has 1 aliphatic carbocycles. The lowest BCUT2D eigenvalue weighted by Gasteiger charge is -2.22. The molecule has 0 saturated carbocycles. The molecule has 2 rings (SSSR count). The molecule has 0 amide bonds. The van der Waals surface area contributed by atoms with Gasteiger partial charge in [0.15, 0.2) is 5.78 Å². The average Bonchev–Trinajstić information content (AvgIpc) is 2.60. The molecular weight excluding hydrogens is 166 g/mol. The van der Waals surface area contributed by atoms with E-state index in [-0.39, 0.29) is 18.3 Å². The van der Waals surface area contributed by atoms with Gasteiger partial charge in [0.25, 0.3) is 0 Å².